The number of oxime groups is 1. The van der Waals surface area contributed by atoms with E-state index in [0.29, 0.717) is 16.5 Å². The summed E-state index contributed by atoms with van der Waals surface area (Å²) in [6.07, 6.45) is 2.19. The molecule has 0 amide bonds. The number of rotatable bonds is 4. The van der Waals surface area contributed by atoms with E-state index in [0.717, 1.165) is 38.0 Å². The highest BCUT2D eigenvalue weighted by atomic mass is 35.5. The first-order chi connectivity index (χ1) is 9.63. The van der Waals surface area contributed by atoms with Gasteiger partial charge in [-0.25, -0.2) is 0 Å². The number of likely N-dealkylation sites (tertiary alicyclic amines) is 1. The quantitative estimate of drug-likeness (QED) is 0.341. The summed E-state index contributed by atoms with van der Waals surface area (Å²) < 4.78 is 0. The maximum absolute atomic E-state index is 9.25. The third-order valence-corrected chi connectivity index (χ3v) is 4.06. The number of nitrogens with two attached hydrogens (primary N) is 1. The Hall–Kier alpha value is -1.30. The normalized spacial score (nSPS) is 21.1. The van der Waals surface area contributed by atoms with E-state index in [9.17, 15) is 5.11 Å². The average Bonchev–Trinajstić information content (AvgIpc) is 2.48. The lowest BCUT2D eigenvalue weighted by Crippen LogP contribution is -2.36. The number of aliphatic hydroxyl groups excluding tert-OH is 1. The van der Waals surface area contributed by atoms with Crippen LogP contribution < -0.4 is 5.73 Å². The van der Waals surface area contributed by atoms with Gasteiger partial charge in [-0.05, 0) is 36.9 Å². The van der Waals surface area contributed by atoms with Crippen molar-refractivity contribution in [2.24, 2.45) is 16.8 Å². The Labute approximate surface area is 123 Å². The van der Waals surface area contributed by atoms with E-state index in [4.69, 9.17) is 22.5 Å². The van der Waals surface area contributed by atoms with Gasteiger partial charge in [0.2, 0.25) is 0 Å². The van der Waals surface area contributed by atoms with E-state index in [2.05, 4.69) is 10.1 Å². The molecule has 5 nitrogen and oxygen atoms in total. The van der Waals surface area contributed by atoms with E-state index in [1.165, 1.54) is 0 Å². The van der Waals surface area contributed by atoms with Crippen LogP contribution in [-0.4, -0.2) is 40.7 Å². The zero-order valence-corrected chi connectivity index (χ0v) is 12.1. The van der Waals surface area contributed by atoms with Crippen LogP contribution >= 0.6 is 11.6 Å². The van der Waals surface area contributed by atoms with Crippen molar-refractivity contribution >= 4 is 17.4 Å². The molecular weight excluding hydrogens is 278 g/mol. The predicted molar refractivity (Wildman–Crippen MR) is 79.0 cm³/mol. The molecule has 110 valence electrons. The van der Waals surface area contributed by atoms with Crippen LogP contribution in [0.15, 0.2) is 23.4 Å². The van der Waals surface area contributed by atoms with Crippen LogP contribution in [0.5, 0.6) is 0 Å². The lowest BCUT2D eigenvalue weighted by molar-refractivity contribution is 0.116. The van der Waals surface area contributed by atoms with Crippen LogP contribution in [0, 0.1) is 5.92 Å². The van der Waals surface area contributed by atoms with E-state index < -0.39 is 0 Å². The molecule has 1 aliphatic heterocycles. The molecule has 1 aromatic rings. The monoisotopic (exact) mass is 297 g/mol. The van der Waals surface area contributed by atoms with Gasteiger partial charge in [0, 0.05) is 30.3 Å². The number of amidine groups is 1. The zero-order chi connectivity index (χ0) is 14.5. The van der Waals surface area contributed by atoms with Gasteiger partial charge in [0.15, 0.2) is 5.84 Å². The van der Waals surface area contributed by atoms with Crippen LogP contribution in [0.25, 0.3) is 0 Å². The molecule has 1 atom stereocenters. The van der Waals surface area contributed by atoms with Crippen molar-refractivity contribution in [3.63, 3.8) is 0 Å². The van der Waals surface area contributed by atoms with Crippen LogP contribution in [0.2, 0.25) is 5.02 Å². The molecule has 4 N–H and O–H groups in total. The van der Waals surface area contributed by atoms with Gasteiger partial charge in [-0.3, -0.25) is 4.90 Å². The summed E-state index contributed by atoms with van der Waals surface area (Å²) in [6, 6.07) is 5.40. The molecule has 0 saturated carbocycles. The molecule has 20 heavy (non-hydrogen) atoms. The highest BCUT2D eigenvalue weighted by Crippen LogP contribution is 2.23. The summed E-state index contributed by atoms with van der Waals surface area (Å²) in [6.45, 7) is 2.92. The first-order valence-electron chi connectivity index (χ1n) is 6.73. The molecule has 0 bridgehead atoms. The zero-order valence-electron chi connectivity index (χ0n) is 11.3. The van der Waals surface area contributed by atoms with Crippen molar-refractivity contribution in [1.82, 2.24) is 4.90 Å². The van der Waals surface area contributed by atoms with Gasteiger partial charge in [0.05, 0.1) is 0 Å². The second-order valence-electron chi connectivity index (χ2n) is 5.22. The summed E-state index contributed by atoms with van der Waals surface area (Å²) in [4.78, 5) is 2.30. The Kier molecular flexibility index (Phi) is 5.23. The molecule has 0 aromatic heterocycles. The van der Waals surface area contributed by atoms with E-state index in [1.807, 2.05) is 6.07 Å². The predicted octanol–water partition coefficient (Wildman–Crippen LogP) is 1.64. The summed E-state index contributed by atoms with van der Waals surface area (Å²) in [5, 5.41) is 21.5. The average molecular weight is 298 g/mol. The molecule has 6 heteroatoms. The fraction of sp³-hybridized carbons (Fsp3) is 0.500. The van der Waals surface area contributed by atoms with Crippen LogP contribution in [-0.2, 0) is 6.54 Å². The lowest BCUT2D eigenvalue weighted by Gasteiger charge is -2.32. The fourth-order valence-corrected chi connectivity index (χ4v) is 2.82. The number of benzene rings is 1. The van der Waals surface area contributed by atoms with Crippen molar-refractivity contribution in [2.45, 2.75) is 19.4 Å². The Bertz CT molecular complexity index is 493. The fourth-order valence-electron chi connectivity index (χ4n) is 2.58. The summed E-state index contributed by atoms with van der Waals surface area (Å²) in [7, 11) is 0. The molecule has 1 aliphatic rings. The highest BCUT2D eigenvalue weighted by molar-refractivity contribution is 6.31. The smallest absolute Gasteiger partial charge is 0.170 e. The summed E-state index contributed by atoms with van der Waals surface area (Å²) in [5.41, 5.74) is 7.16. The van der Waals surface area contributed by atoms with Crippen molar-refractivity contribution in [3.8, 4) is 0 Å². The lowest BCUT2D eigenvalue weighted by atomic mass is 9.98. The maximum atomic E-state index is 9.25. The summed E-state index contributed by atoms with van der Waals surface area (Å²) >= 11 is 6.25. The second-order valence-corrected chi connectivity index (χ2v) is 5.62. The largest absolute Gasteiger partial charge is 0.409 e. The second kappa shape index (κ2) is 6.92. The van der Waals surface area contributed by atoms with Crippen LogP contribution in [0.1, 0.15) is 24.0 Å². The molecule has 1 aromatic carbocycles. The number of hydrogen-bond acceptors (Lipinski definition) is 4. The topological polar surface area (TPSA) is 82.1 Å². The van der Waals surface area contributed by atoms with Crippen LogP contribution in [0.4, 0.5) is 0 Å². The molecule has 1 saturated heterocycles. The van der Waals surface area contributed by atoms with Gasteiger partial charge in [0.1, 0.15) is 0 Å². The maximum Gasteiger partial charge on any atom is 0.170 e. The minimum Gasteiger partial charge on any atom is -0.409 e. The SMILES string of the molecule is N/C(=N/O)c1ccc(CN2CCCC(CO)C2)c(Cl)c1. The minimum atomic E-state index is 0.0526. The Balaban J connectivity index is 2.06. The van der Waals surface area contributed by atoms with Crippen molar-refractivity contribution in [1.29, 1.82) is 0 Å². The standard InChI is InChI=1S/C14H20ClN3O2/c15-13-6-11(14(16)17-20)3-4-12(13)8-18-5-1-2-10(7-18)9-19/h3-4,6,10,19-20H,1-2,5,7-9H2,(H2,16,17). The Morgan fingerprint density at radius 1 is 1.50 bits per heavy atom. The molecular formula is C14H20ClN3O2. The molecule has 0 spiro atoms. The number of piperidine rings is 1. The molecule has 0 radical (unpaired) electrons. The Morgan fingerprint density at radius 2 is 2.30 bits per heavy atom. The van der Waals surface area contributed by atoms with Crippen molar-refractivity contribution < 1.29 is 10.3 Å². The van der Waals surface area contributed by atoms with Gasteiger partial charge in [-0.2, -0.15) is 0 Å². The molecule has 1 unspecified atom stereocenters. The van der Waals surface area contributed by atoms with E-state index in [-0.39, 0.29) is 12.4 Å². The number of aliphatic hydroxyl groups is 1. The molecule has 0 aliphatic carbocycles. The van der Waals surface area contributed by atoms with Gasteiger partial charge in [-0.1, -0.05) is 28.9 Å². The summed E-state index contributed by atoms with van der Waals surface area (Å²) in [5.74, 6) is 0.413. The van der Waals surface area contributed by atoms with E-state index >= 15 is 0 Å². The molecule has 2 rings (SSSR count). The van der Waals surface area contributed by atoms with Gasteiger partial charge < -0.3 is 16.0 Å². The van der Waals surface area contributed by atoms with Gasteiger partial charge >= 0.3 is 0 Å². The van der Waals surface area contributed by atoms with Gasteiger partial charge in [0.25, 0.3) is 0 Å². The third-order valence-electron chi connectivity index (χ3n) is 3.71. The van der Waals surface area contributed by atoms with Crippen molar-refractivity contribution in [3.05, 3.63) is 34.3 Å². The highest BCUT2D eigenvalue weighted by Gasteiger charge is 2.19. The number of hydrogen-bond donors (Lipinski definition) is 3. The number of halogens is 1. The number of nitrogens with zero attached hydrogens (tertiary/aromatic N) is 2. The minimum absolute atomic E-state index is 0.0526. The van der Waals surface area contributed by atoms with Crippen molar-refractivity contribution in [2.75, 3.05) is 19.7 Å². The van der Waals surface area contributed by atoms with Crippen LogP contribution in [0.3, 0.4) is 0 Å². The first-order valence-corrected chi connectivity index (χ1v) is 7.11. The third kappa shape index (κ3) is 3.62. The Morgan fingerprint density at radius 3 is 2.95 bits per heavy atom. The first kappa shape index (κ1) is 15.1. The van der Waals surface area contributed by atoms with Gasteiger partial charge in [-0.15, -0.1) is 0 Å². The van der Waals surface area contributed by atoms with E-state index in [1.54, 1.807) is 12.1 Å². The molecule has 1 heterocycles. The molecule has 1 fully saturated rings.